The highest BCUT2D eigenvalue weighted by atomic mass is 16.2. The average Bonchev–Trinajstić information content (AvgIpc) is 2.41. The maximum atomic E-state index is 11.5. The average molecular weight is 226 g/mol. The van der Waals surface area contributed by atoms with Gasteiger partial charge in [-0.15, -0.1) is 0 Å². The summed E-state index contributed by atoms with van der Waals surface area (Å²) >= 11 is 0. The molecule has 0 unspecified atom stereocenters. The van der Waals surface area contributed by atoms with Crippen LogP contribution in [0.15, 0.2) is 54.0 Å². The van der Waals surface area contributed by atoms with Crippen molar-refractivity contribution in [1.29, 1.82) is 0 Å². The molecule has 0 saturated heterocycles. The minimum atomic E-state index is -0.301. The molecule has 2 aromatic rings. The van der Waals surface area contributed by atoms with Crippen molar-refractivity contribution in [1.82, 2.24) is 15.4 Å². The molecule has 2 rings (SSSR count). The standard InChI is InChI=1S/C12H10N4O/c17-12(10-4-3-6-13-8-10)16-15-9-11-5-1-2-7-14-11/h1-9H,(H,16,17)/b15-9-. The van der Waals surface area contributed by atoms with Crippen molar-refractivity contribution < 1.29 is 4.79 Å². The summed E-state index contributed by atoms with van der Waals surface area (Å²) in [6.45, 7) is 0. The summed E-state index contributed by atoms with van der Waals surface area (Å²) in [5.74, 6) is -0.301. The summed E-state index contributed by atoms with van der Waals surface area (Å²) in [6.07, 6.45) is 6.22. The minimum Gasteiger partial charge on any atom is -0.267 e. The summed E-state index contributed by atoms with van der Waals surface area (Å²) in [5, 5.41) is 3.80. The van der Waals surface area contributed by atoms with E-state index in [0.717, 1.165) is 0 Å². The number of aromatic nitrogens is 2. The molecule has 0 aromatic carbocycles. The fourth-order valence-electron chi connectivity index (χ4n) is 1.17. The van der Waals surface area contributed by atoms with Crippen LogP contribution in [-0.4, -0.2) is 22.1 Å². The number of carbonyl (C=O) groups excluding carboxylic acids is 1. The van der Waals surface area contributed by atoms with E-state index in [4.69, 9.17) is 0 Å². The molecule has 84 valence electrons. The molecule has 0 fully saturated rings. The van der Waals surface area contributed by atoms with Gasteiger partial charge >= 0.3 is 0 Å². The second-order valence-electron chi connectivity index (χ2n) is 3.20. The molecule has 2 heterocycles. The predicted molar refractivity (Wildman–Crippen MR) is 63.5 cm³/mol. The van der Waals surface area contributed by atoms with Crippen molar-refractivity contribution in [3.63, 3.8) is 0 Å². The zero-order valence-electron chi connectivity index (χ0n) is 8.95. The Morgan fingerprint density at radius 2 is 2.18 bits per heavy atom. The molecule has 2 aromatic heterocycles. The molecule has 17 heavy (non-hydrogen) atoms. The SMILES string of the molecule is O=C(N/N=C\c1ccccn1)c1cccnc1. The molecule has 1 N–H and O–H groups in total. The van der Waals surface area contributed by atoms with E-state index in [1.165, 1.54) is 12.4 Å². The Labute approximate surface area is 98.2 Å². The van der Waals surface area contributed by atoms with Gasteiger partial charge in [-0.25, -0.2) is 5.43 Å². The van der Waals surface area contributed by atoms with E-state index in [1.54, 1.807) is 30.6 Å². The minimum absolute atomic E-state index is 0.301. The molecular formula is C12H10N4O. The van der Waals surface area contributed by atoms with E-state index < -0.39 is 0 Å². The second-order valence-corrected chi connectivity index (χ2v) is 3.20. The van der Waals surface area contributed by atoms with Gasteiger partial charge < -0.3 is 0 Å². The largest absolute Gasteiger partial charge is 0.272 e. The first-order valence-electron chi connectivity index (χ1n) is 5.01. The number of amides is 1. The molecular weight excluding hydrogens is 216 g/mol. The number of pyridine rings is 2. The maximum absolute atomic E-state index is 11.5. The Bertz CT molecular complexity index is 511. The van der Waals surface area contributed by atoms with Crippen molar-refractivity contribution in [2.45, 2.75) is 0 Å². The summed E-state index contributed by atoms with van der Waals surface area (Å²) in [7, 11) is 0. The summed E-state index contributed by atoms with van der Waals surface area (Å²) in [4.78, 5) is 19.4. The third-order valence-electron chi connectivity index (χ3n) is 1.97. The van der Waals surface area contributed by atoms with Crippen molar-refractivity contribution in [2.24, 2.45) is 5.10 Å². The van der Waals surface area contributed by atoms with Gasteiger partial charge in [-0.3, -0.25) is 14.8 Å². The van der Waals surface area contributed by atoms with Gasteiger partial charge in [0.05, 0.1) is 17.5 Å². The van der Waals surface area contributed by atoms with Gasteiger partial charge in [-0.2, -0.15) is 5.10 Å². The fraction of sp³-hybridized carbons (Fsp3) is 0. The van der Waals surface area contributed by atoms with Crippen LogP contribution in [0.5, 0.6) is 0 Å². The van der Waals surface area contributed by atoms with Crippen LogP contribution in [0.3, 0.4) is 0 Å². The highest BCUT2D eigenvalue weighted by molar-refractivity contribution is 5.94. The number of carbonyl (C=O) groups is 1. The number of rotatable bonds is 3. The maximum Gasteiger partial charge on any atom is 0.272 e. The smallest absolute Gasteiger partial charge is 0.267 e. The van der Waals surface area contributed by atoms with E-state index in [0.29, 0.717) is 11.3 Å². The van der Waals surface area contributed by atoms with Gasteiger partial charge in [0, 0.05) is 18.6 Å². The predicted octanol–water partition coefficient (Wildman–Crippen LogP) is 1.24. The summed E-state index contributed by atoms with van der Waals surface area (Å²) < 4.78 is 0. The van der Waals surface area contributed by atoms with E-state index in [2.05, 4.69) is 20.5 Å². The quantitative estimate of drug-likeness (QED) is 0.632. The van der Waals surface area contributed by atoms with E-state index in [-0.39, 0.29) is 5.91 Å². The van der Waals surface area contributed by atoms with E-state index >= 15 is 0 Å². The number of hydrogen-bond acceptors (Lipinski definition) is 4. The molecule has 0 spiro atoms. The van der Waals surface area contributed by atoms with Crippen molar-refractivity contribution >= 4 is 12.1 Å². The van der Waals surface area contributed by atoms with Crippen molar-refractivity contribution in [3.05, 3.63) is 60.2 Å². The normalized spacial score (nSPS) is 10.4. The topological polar surface area (TPSA) is 67.2 Å². The van der Waals surface area contributed by atoms with Crippen LogP contribution < -0.4 is 5.43 Å². The Morgan fingerprint density at radius 1 is 1.24 bits per heavy atom. The third kappa shape index (κ3) is 3.20. The molecule has 0 saturated carbocycles. The van der Waals surface area contributed by atoms with E-state index in [9.17, 15) is 4.79 Å². The molecule has 5 nitrogen and oxygen atoms in total. The van der Waals surface area contributed by atoms with Gasteiger partial charge in [0.15, 0.2) is 0 Å². The lowest BCUT2D eigenvalue weighted by molar-refractivity contribution is 0.0955. The van der Waals surface area contributed by atoms with Gasteiger partial charge in [0.2, 0.25) is 0 Å². The van der Waals surface area contributed by atoms with Crippen LogP contribution in [0.4, 0.5) is 0 Å². The molecule has 0 aliphatic carbocycles. The van der Waals surface area contributed by atoms with E-state index in [1.807, 2.05) is 12.1 Å². The lowest BCUT2D eigenvalue weighted by Crippen LogP contribution is -2.17. The van der Waals surface area contributed by atoms with Crippen molar-refractivity contribution in [3.8, 4) is 0 Å². The first-order valence-corrected chi connectivity index (χ1v) is 5.01. The molecule has 0 atom stereocenters. The number of nitrogens with one attached hydrogen (secondary N) is 1. The number of hydrogen-bond donors (Lipinski definition) is 1. The van der Waals surface area contributed by atoms with Crippen molar-refractivity contribution in [2.75, 3.05) is 0 Å². The Kier molecular flexibility index (Phi) is 3.54. The first-order chi connectivity index (χ1) is 8.36. The molecule has 0 bridgehead atoms. The second kappa shape index (κ2) is 5.50. The fourth-order valence-corrected chi connectivity index (χ4v) is 1.17. The van der Waals surface area contributed by atoms with Gasteiger partial charge in [0.1, 0.15) is 0 Å². The molecule has 0 radical (unpaired) electrons. The Hall–Kier alpha value is -2.56. The molecule has 0 aliphatic heterocycles. The van der Waals surface area contributed by atoms with Gasteiger partial charge in [-0.05, 0) is 24.3 Å². The zero-order chi connectivity index (χ0) is 11.9. The highest BCUT2D eigenvalue weighted by Gasteiger charge is 2.01. The molecule has 5 heteroatoms. The van der Waals surface area contributed by atoms with Gasteiger partial charge in [-0.1, -0.05) is 6.07 Å². The monoisotopic (exact) mass is 226 g/mol. The van der Waals surface area contributed by atoms with Crippen LogP contribution >= 0.6 is 0 Å². The number of nitrogens with zero attached hydrogens (tertiary/aromatic N) is 3. The molecule has 0 aliphatic rings. The Balaban J connectivity index is 1.95. The van der Waals surface area contributed by atoms with Gasteiger partial charge in [0.25, 0.3) is 5.91 Å². The summed E-state index contributed by atoms with van der Waals surface area (Å²) in [5.41, 5.74) is 3.54. The molecule has 1 amide bonds. The lowest BCUT2D eigenvalue weighted by Gasteiger charge is -1.97. The lowest BCUT2D eigenvalue weighted by atomic mass is 10.3. The van der Waals surface area contributed by atoms with Crippen LogP contribution in [0.2, 0.25) is 0 Å². The third-order valence-corrected chi connectivity index (χ3v) is 1.97. The van der Waals surface area contributed by atoms with Crippen LogP contribution in [0.1, 0.15) is 16.1 Å². The summed E-state index contributed by atoms with van der Waals surface area (Å²) in [6, 6.07) is 8.80. The zero-order valence-corrected chi connectivity index (χ0v) is 8.95. The number of hydrazone groups is 1. The van der Waals surface area contributed by atoms with Crippen LogP contribution in [0, 0.1) is 0 Å². The first kappa shape index (κ1) is 10.9. The highest BCUT2D eigenvalue weighted by Crippen LogP contribution is 1.94. The van der Waals surface area contributed by atoms with Crippen LogP contribution in [0.25, 0.3) is 0 Å². The van der Waals surface area contributed by atoms with Crippen LogP contribution in [-0.2, 0) is 0 Å². The Morgan fingerprint density at radius 3 is 2.88 bits per heavy atom.